The summed E-state index contributed by atoms with van der Waals surface area (Å²) in [6.45, 7) is 4.32. The lowest BCUT2D eigenvalue weighted by molar-refractivity contribution is 0.407. The Morgan fingerprint density at radius 2 is 2.06 bits per heavy atom. The number of aromatic nitrogens is 2. The van der Waals surface area contributed by atoms with Crippen LogP contribution in [0.25, 0.3) is 11.3 Å². The van der Waals surface area contributed by atoms with Gasteiger partial charge in [-0.15, -0.1) is 0 Å². The third kappa shape index (κ3) is 2.29. The molecule has 0 N–H and O–H groups in total. The summed E-state index contributed by atoms with van der Waals surface area (Å²) >= 11 is 3.55. The lowest BCUT2D eigenvalue weighted by Gasteiger charge is -2.13. The molecule has 96 valence electrons. The molecule has 0 atom stereocenters. The van der Waals surface area contributed by atoms with Crippen LogP contribution in [0.1, 0.15) is 25.3 Å². The molecule has 1 aromatic carbocycles. The smallest absolute Gasteiger partial charge is 0.122 e. The Labute approximate surface area is 116 Å². The first-order chi connectivity index (χ1) is 8.54. The molecule has 0 saturated heterocycles. The van der Waals surface area contributed by atoms with Gasteiger partial charge >= 0.3 is 0 Å². The molecule has 0 spiro atoms. The van der Waals surface area contributed by atoms with Crippen molar-refractivity contribution in [3.63, 3.8) is 0 Å². The fourth-order valence-electron chi connectivity index (χ4n) is 1.94. The van der Waals surface area contributed by atoms with Crippen LogP contribution >= 0.6 is 15.9 Å². The van der Waals surface area contributed by atoms with Crippen LogP contribution in [-0.2, 0) is 7.05 Å². The molecule has 1 aromatic heterocycles. The van der Waals surface area contributed by atoms with Gasteiger partial charge in [-0.3, -0.25) is 0 Å². The number of benzene rings is 1. The highest BCUT2D eigenvalue weighted by molar-refractivity contribution is 9.10. The SMILES string of the molecule is COc1ccc(-c2ncn(C)c2Br)cc1C(C)C. The highest BCUT2D eigenvalue weighted by atomic mass is 79.9. The Morgan fingerprint density at radius 3 is 2.56 bits per heavy atom. The summed E-state index contributed by atoms with van der Waals surface area (Å²) in [5.41, 5.74) is 3.27. The average molecular weight is 309 g/mol. The van der Waals surface area contributed by atoms with Crippen LogP contribution in [0.2, 0.25) is 0 Å². The standard InChI is InChI=1S/C14H17BrN2O/c1-9(2)11-7-10(5-6-12(11)18-4)13-14(15)17(3)8-16-13/h5-9H,1-4H3. The maximum atomic E-state index is 5.40. The van der Waals surface area contributed by atoms with Crippen LogP contribution in [0.4, 0.5) is 0 Å². The van der Waals surface area contributed by atoms with Gasteiger partial charge in [-0.25, -0.2) is 4.98 Å². The van der Waals surface area contributed by atoms with Crippen molar-refractivity contribution in [3.05, 3.63) is 34.7 Å². The van der Waals surface area contributed by atoms with Crippen LogP contribution < -0.4 is 4.74 Å². The van der Waals surface area contributed by atoms with Crippen LogP contribution in [-0.4, -0.2) is 16.7 Å². The number of methoxy groups -OCH3 is 1. The summed E-state index contributed by atoms with van der Waals surface area (Å²) in [7, 11) is 3.67. The zero-order chi connectivity index (χ0) is 13.3. The molecule has 2 rings (SSSR count). The molecular formula is C14H17BrN2O. The third-order valence-electron chi connectivity index (χ3n) is 2.99. The summed E-state index contributed by atoms with van der Waals surface area (Å²) < 4.78 is 8.34. The van der Waals surface area contributed by atoms with E-state index in [2.05, 4.69) is 40.8 Å². The average Bonchev–Trinajstić information content (AvgIpc) is 2.69. The van der Waals surface area contributed by atoms with E-state index in [1.807, 2.05) is 23.7 Å². The molecule has 0 radical (unpaired) electrons. The first-order valence-corrected chi connectivity index (χ1v) is 6.69. The summed E-state index contributed by atoms with van der Waals surface area (Å²) in [6.07, 6.45) is 1.80. The second-order valence-electron chi connectivity index (χ2n) is 4.61. The number of ether oxygens (including phenoxy) is 1. The first kappa shape index (κ1) is 13.1. The normalized spacial score (nSPS) is 11.0. The third-order valence-corrected chi connectivity index (χ3v) is 3.93. The minimum absolute atomic E-state index is 0.419. The topological polar surface area (TPSA) is 27.1 Å². The fourth-order valence-corrected chi connectivity index (χ4v) is 2.36. The van der Waals surface area contributed by atoms with Crippen LogP contribution in [0.5, 0.6) is 5.75 Å². The number of nitrogens with zero attached hydrogens (tertiary/aromatic N) is 2. The number of halogens is 1. The molecule has 0 saturated carbocycles. The summed E-state index contributed by atoms with van der Waals surface area (Å²) in [5.74, 6) is 1.35. The van der Waals surface area contributed by atoms with Gasteiger partial charge in [-0.2, -0.15) is 0 Å². The van der Waals surface area contributed by atoms with Crippen molar-refractivity contribution < 1.29 is 4.74 Å². The van der Waals surface area contributed by atoms with Gasteiger partial charge in [0.25, 0.3) is 0 Å². The Kier molecular flexibility index (Phi) is 3.76. The molecule has 0 aliphatic carbocycles. The lowest BCUT2D eigenvalue weighted by atomic mass is 9.98. The quantitative estimate of drug-likeness (QED) is 0.857. The van der Waals surface area contributed by atoms with Gasteiger partial charge < -0.3 is 9.30 Å². The Hall–Kier alpha value is -1.29. The molecule has 0 unspecified atom stereocenters. The maximum absolute atomic E-state index is 5.40. The van der Waals surface area contributed by atoms with Crippen molar-refractivity contribution in [3.8, 4) is 17.0 Å². The molecule has 2 aromatic rings. The predicted octanol–water partition coefficient (Wildman–Crippen LogP) is 3.98. The lowest BCUT2D eigenvalue weighted by Crippen LogP contribution is -1.95. The van der Waals surface area contributed by atoms with E-state index >= 15 is 0 Å². The van der Waals surface area contributed by atoms with Crippen molar-refractivity contribution in [1.29, 1.82) is 0 Å². The Morgan fingerprint density at radius 1 is 1.33 bits per heavy atom. The highest BCUT2D eigenvalue weighted by Gasteiger charge is 2.13. The van der Waals surface area contributed by atoms with Gasteiger partial charge in [0.2, 0.25) is 0 Å². The zero-order valence-electron chi connectivity index (χ0n) is 11.1. The van der Waals surface area contributed by atoms with Crippen LogP contribution in [0, 0.1) is 0 Å². The van der Waals surface area contributed by atoms with E-state index in [1.54, 1.807) is 13.4 Å². The first-order valence-electron chi connectivity index (χ1n) is 5.89. The summed E-state index contributed by atoms with van der Waals surface area (Å²) in [5, 5.41) is 0. The molecule has 0 fully saturated rings. The number of hydrogen-bond acceptors (Lipinski definition) is 2. The van der Waals surface area contributed by atoms with Crippen molar-refractivity contribution in [1.82, 2.24) is 9.55 Å². The Balaban J connectivity index is 2.53. The van der Waals surface area contributed by atoms with E-state index in [9.17, 15) is 0 Å². The number of aryl methyl sites for hydroxylation is 1. The fraction of sp³-hybridized carbons (Fsp3) is 0.357. The monoisotopic (exact) mass is 308 g/mol. The van der Waals surface area contributed by atoms with E-state index in [0.29, 0.717) is 5.92 Å². The summed E-state index contributed by atoms with van der Waals surface area (Å²) in [4.78, 5) is 4.42. The molecule has 0 bridgehead atoms. The number of hydrogen-bond donors (Lipinski definition) is 0. The summed E-state index contributed by atoms with van der Waals surface area (Å²) in [6, 6.07) is 6.19. The van der Waals surface area contributed by atoms with Crippen LogP contribution in [0.3, 0.4) is 0 Å². The van der Waals surface area contributed by atoms with Crippen molar-refractivity contribution in [2.24, 2.45) is 7.05 Å². The van der Waals surface area contributed by atoms with Crippen molar-refractivity contribution in [2.75, 3.05) is 7.11 Å². The minimum atomic E-state index is 0.419. The highest BCUT2D eigenvalue weighted by Crippen LogP contribution is 2.33. The zero-order valence-corrected chi connectivity index (χ0v) is 12.7. The number of imidazole rings is 1. The molecule has 0 amide bonds. The van der Waals surface area contributed by atoms with E-state index < -0.39 is 0 Å². The Bertz CT molecular complexity index is 561. The van der Waals surface area contributed by atoms with E-state index in [-0.39, 0.29) is 0 Å². The minimum Gasteiger partial charge on any atom is -0.496 e. The maximum Gasteiger partial charge on any atom is 0.122 e. The van der Waals surface area contributed by atoms with Crippen molar-refractivity contribution in [2.45, 2.75) is 19.8 Å². The molecule has 18 heavy (non-hydrogen) atoms. The second-order valence-corrected chi connectivity index (χ2v) is 5.36. The molecule has 4 heteroatoms. The predicted molar refractivity (Wildman–Crippen MR) is 77.0 cm³/mol. The van der Waals surface area contributed by atoms with Gasteiger partial charge in [-0.05, 0) is 45.6 Å². The number of rotatable bonds is 3. The van der Waals surface area contributed by atoms with Gasteiger partial charge in [0.15, 0.2) is 0 Å². The van der Waals surface area contributed by atoms with Crippen molar-refractivity contribution >= 4 is 15.9 Å². The van der Waals surface area contributed by atoms with Gasteiger partial charge in [0, 0.05) is 12.6 Å². The van der Waals surface area contributed by atoms with Crippen LogP contribution in [0.15, 0.2) is 29.1 Å². The van der Waals surface area contributed by atoms with E-state index in [4.69, 9.17) is 4.74 Å². The molecule has 0 aliphatic heterocycles. The molecule has 0 aliphatic rings. The van der Waals surface area contributed by atoms with Gasteiger partial charge in [-0.1, -0.05) is 13.8 Å². The van der Waals surface area contributed by atoms with E-state index in [0.717, 1.165) is 21.6 Å². The van der Waals surface area contributed by atoms with Gasteiger partial charge in [0.1, 0.15) is 16.0 Å². The molecular weight excluding hydrogens is 292 g/mol. The second kappa shape index (κ2) is 5.14. The largest absolute Gasteiger partial charge is 0.496 e. The van der Waals surface area contributed by atoms with E-state index in [1.165, 1.54) is 5.56 Å². The molecule has 1 heterocycles. The molecule has 3 nitrogen and oxygen atoms in total. The van der Waals surface area contributed by atoms with Gasteiger partial charge in [0.05, 0.1) is 13.4 Å².